The van der Waals surface area contributed by atoms with Gasteiger partial charge in [0.25, 0.3) is 0 Å². The molecule has 0 saturated carbocycles. The van der Waals surface area contributed by atoms with Gasteiger partial charge in [0.15, 0.2) is 0 Å². The van der Waals surface area contributed by atoms with E-state index in [1.165, 1.54) is 12.7 Å². The van der Waals surface area contributed by atoms with Crippen LogP contribution in [0.4, 0.5) is 0 Å². The number of carboxylic acid groups (broad SMARTS) is 1. The van der Waals surface area contributed by atoms with Gasteiger partial charge in [-0.1, -0.05) is 30.3 Å². The lowest BCUT2D eigenvalue weighted by molar-refractivity contribution is -0.144. The van der Waals surface area contributed by atoms with Crippen LogP contribution in [0, 0.1) is 0 Å². The molecule has 4 heteroatoms. The second-order valence-electron chi connectivity index (χ2n) is 4.03. The zero-order valence-corrected chi connectivity index (χ0v) is 10.3. The molecule has 0 spiro atoms. The summed E-state index contributed by atoms with van der Waals surface area (Å²) in [7, 11) is 3.32. The first kappa shape index (κ1) is 13.7. The van der Waals surface area contributed by atoms with Crippen molar-refractivity contribution in [3.63, 3.8) is 0 Å². The maximum absolute atomic E-state index is 11.0. The predicted octanol–water partition coefficient (Wildman–Crippen LogP) is 1.26. The normalized spacial score (nSPS) is 12.6. The molecule has 0 amide bonds. The van der Waals surface area contributed by atoms with Gasteiger partial charge >= 0.3 is 5.97 Å². The Morgan fingerprint density at radius 3 is 2.59 bits per heavy atom. The molecule has 1 atom stereocenters. The zero-order chi connectivity index (χ0) is 12.7. The minimum absolute atomic E-state index is 0.209. The molecule has 1 unspecified atom stereocenters. The third-order valence-corrected chi connectivity index (χ3v) is 2.74. The van der Waals surface area contributed by atoms with E-state index in [1.54, 1.807) is 11.9 Å². The maximum Gasteiger partial charge on any atom is 0.323 e. The number of methoxy groups -OCH3 is 1. The van der Waals surface area contributed by atoms with E-state index in [1.807, 2.05) is 30.3 Å². The van der Waals surface area contributed by atoms with Crippen LogP contribution in [0.25, 0.3) is 0 Å². The van der Waals surface area contributed by atoms with Crippen molar-refractivity contribution in [2.24, 2.45) is 0 Å². The van der Waals surface area contributed by atoms with Crippen molar-refractivity contribution in [1.29, 1.82) is 0 Å². The highest BCUT2D eigenvalue weighted by molar-refractivity contribution is 5.73. The summed E-state index contributed by atoms with van der Waals surface area (Å²) in [6.45, 7) is 0.908. The number of nitrogens with zero attached hydrogens (tertiary/aromatic N) is 1. The summed E-state index contributed by atoms with van der Waals surface area (Å²) in [4.78, 5) is 12.8. The number of ether oxygens (including phenoxy) is 1. The van der Waals surface area contributed by atoms with Crippen molar-refractivity contribution < 1.29 is 14.6 Å². The Bertz CT molecular complexity index is 340. The average molecular weight is 237 g/mol. The Kier molecular flexibility index (Phi) is 5.66. The zero-order valence-electron chi connectivity index (χ0n) is 10.3. The highest BCUT2D eigenvalue weighted by Crippen LogP contribution is 2.03. The standard InChI is InChI=1S/C13H19NO3/c1-14(12(10-17-2)13(15)16)9-8-11-6-4-3-5-7-11/h3-7,12H,8-10H2,1-2H3,(H,15,16). The van der Waals surface area contributed by atoms with E-state index in [2.05, 4.69) is 0 Å². The fourth-order valence-corrected chi connectivity index (χ4v) is 1.65. The van der Waals surface area contributed by atoms with Crippen LogP contribution in [0.1, 0.15) is 5.56 Å². The number of aliphatic carboxylic acids is 1. The lowest BCUT2D eigenvalue weighted by atomic mass is 10.1. The Labute approximate surface area is 102 Å². The number of rotatable bonds is 7. The van der Waals surface area contributed by atoms with E-state index >= 15 is 0 Å². The molecule has 0 radical (unpaired) electrons. The Morgan fingerprint density at radius 2 is 2.06 bits per heavy atom. The van der Waals surface area contributed by atoms with Gasteiger partial charge in [0.2, 0.25) is 0 Å². The molecule has 1 aromatic rings. The topological polar surface area (TPSA) is 49.8 Å². The molecule has 1 N–H and O–H groups in total. The summed E-state index contributed by atoms with van der Waals surface area (Å²) in [5, 5.41) is 9.05. The molecule has 0 aliphatic carbocycles. The molecule has 0 aromatic heterocycles. The molecular formula is C13H19NO3. The molecule has 1 aromatic carbocycles. The molecule has 0 aliphatic heterocycles. The van der Waals surface area contributed by atoms with Gasteiger partial charge in [0.1, 0.15) is 6.04 Å². The molecule has 0 aliphatic rings. The molecule has 4 nitrogen and oxygen atoms in total. The van der Waals surface area contributed by atoms with Crippen LogP contribution in [0.15, 0.2) is 30.3 Å². The lowest BCUT2D eigenvalue weighted by Crippen LogP contribution is -2.42. The number of likely N-dealkylation sites (N-methyl/N-ethyl adjacent to an activating group) is 1. The van der Waals surface area contributed by atoms with Gasteiger partial charge in [-0.25, -0.2) is 0 Å². The van der Waals surface area contributed by atoms with Crippen LogP contribution in [0.5, 0.6) is 0 Å². The third kappa shape index (κ3) is 4.54. The van der Waals surface area contributed by atoms with E-state index in [4.69, 9.17) is 9.84 Å². The van der Waals surface area contributed by atoms with Crippen molar-refractivity contribution in [2.45, 2.75) is 12.5 Å². The summed E-state index contributed by atoms with van der Waals surface area (Å²) < 4.78 is 4.92. The van der Waals surface area contributed by atoms with Crippen molar-refractivity contribution in [1.82, 2.24) is 4.90 Å². The van der Waals surface area contributed by atoms with Gasteiger partial charge in [-0.2, -0.15) is 0 Å². The summed E-state index contributed by atoms with van der Waals surface area (Å²) in [6.07, 6.45) is 0.838. The first-order valence-electron chi connectivity index (χ1n) is 5.61. The van der Waals surface area contributed by atoms with Crippen molar-refractivity contribution in [3.05, 3.63) is 35.9 Å². The number of benzene rings is 1. The van der Waals surface area contributed by atoms with Crippen molar-refractivity contribution >= 4 is 5.97 Å². The summed E-state index contributed by atoms with van der Waals surface area (Å²) >= 11 is 0. The minimum Gasteiger partial charge on any atom is -0.480 e. The second kappa shape index (κ2) is 7.04. The monoisotopic (exact) mass is 237 g/mol. The fraction of sp³-hybridized carbons (Fsp3) is 0.462. The smallest absolute Gasteiger partial charge is 0.323 e. The summed E-state index contributed by atoms with van der Waals surface area (Å²) in [6, 6.07) is 9.44. The Morgan fingerprint density at radius 1 is 1.41 bits per heavy atom. The van der Waals surface area contributed by atoms with E-state index in [0.717, 1.165) is 6.42 Å². The number of hydrogen-bond acceptors (Lipinski definition) is 3. The van der Waals surface area contributed by atoms with Gasteiger partial charge in [-0.15, -0.1) is 0 Å². The average Bonchev–Trinajstić information content (AvgIpc) is 2.34. The van der Waals surface area contributed by atoms with Crippen molar-refractivity contribution in [3.8, 4) is 0 Å². The minimum atomic E-state index is -0.845. The van der Waals surface area contributed by atoms with Gasteiger partial charge < -0.3 is 9.84 Å². The van der Waals surface area contributed by atoms with Crippen molar-refractivity contribution in [2.75, 3.05) is 27.3 Å². The van der Waals surface area contributed by atoms with Crippen LogP contribution in [-0.4, -0.2) is 49.3 Å². The van der Waals surface area contributed by atoms with E-state index in [9.17, 15) is 4.79 Å². The molecule has 0 heterocycles. The van der Waals surface area contributed by atoms with Crippen LogP contribution in [0.3, 0.4) is 0 Å². The van der Waals surface area contributed by atoms with Crippen LogP contribution < -0.4 is 0 Å². The Hall–Kier alpha value is -1.39. The van der Waals surface area contributed by atoms with Crippen LogP contribution in [-0.2, 0) is 16.0 Å². The highest BCUT2D eigenvalue weighted by Gasteiger charge is 2.21. The van der Waals surface area contributed by atoms with Crippen LogP contribution >= 0.6 is 0 Å². The third-order valence-electron chi connectivity index (χ3n) is 2.74. The molecule has 0 bridgehead atoms. The molecular weight excluding hydrogens is 218 g/mol. The number of carboxylic acids is 1. The van der Waals surface area contributed by atoms with E-state index in [0.29, 0.717) is 6.54 Å². The summed E-state index contributed by atoms with van der Waals surface area (Å²) in [5.74, 6) is -0.845. The first-order valence-corrected chi connectivity index (χ1v) is 5.61. The number of carbonyl (C=O) groups is 1. The molecule has 94 valence electrons. The molecule has 17 heavy (non-hydrogen) atoms. The SMILES string of the molecule is COCC(C(=O)O)N(C)CCc1ccccc1. The van der Waals surface area contributed by atoms with Gasteiger partial charge in [0.05, 0.1) is 6.61 Å². The molecule has 0 fully saturated rings. The van der Waals surface area contributed by atoms with Gasteiger partial charge in [-0.05, 0) is 19.0 Å². The number of hydrogen-bond donors (Lipinski definition) is 1. The van der Waals surface area contributed by atoms with Gasteiger partial charge in [-0.3, -0.25) is 9.69 Å². The largest absolute Gasteiger partial charge is 0.480 e. The van der Waals surface area contributed by atoms with E-state index in [-0.39, 0.29) is 6.61 Å². The molecule has 1 rings (SSSR count). The summed E-state index contributed by atoms with van der Waals surface area (Å²) in [5.41, 5.74) is 1.21. The second-order valence-corrected chi connectivity index (χ2v) is 4.03. The maximum atomic E-state index is 11.0. The Balaban J connectivity index is 2.47. The molecule has 0 saturated heterocycles. The predicted molar refractivity (Wildman–Crippen MR) is 66.1 cm³/mol. The highest BCUT2D eigenvalue weighted by atomic mass is 16.5. The van der Waals surface area contributed by atoms with Crippen LogP contribution in [0.2, 0.25) is 0 Å². The lowest BCUT2D eigenvalue weighted by Gasteiger charge is -2.23. The fourth-order valence-electron chi connectivity index (χ4n) is 1.65. The van der Waals surface area contributed by atoms with Gasteiger partial charge in [0, 0.05) is 13.7 Å². The quantitative estimate of drug-likeness (QED) is 0.775. The van der Waals surface area contributed by atoms with E-state index < -0.39 is 12.0 Å². The first-order chi connectivity index (χ1) is 8.15.